The van der Waals surface area contributed by atoms with Gasteiger partial charge in [-0.2, -0.15) is 0 Å². The number of ether oxygens (including phenoxy) is 1. The molecule has 2 N–H and O–H groups in total. The van der Waals surface area contributed by atoms with Crippen LogP contribution in [0.2, 0.25) is 0 Å². The molecular formula is C12H21NO5. The fourth-order valence-electron chi connectivity index (χ4n) is 2.05. The van der Waals surface area contributed by atoms with Gasteiger partial charge in [-0.1, -0.05) is 0 Å². The predicted octanol–water partition coefficient (Wildman–Crippen LogP) is 0.238. The summed E-state index contributed by atoms with van der Waals surface area (Å²) in [6.07, 6.45) is -0.201. The summed E-state index contributed by atoms with van der Waals surface area (Å²) in [7, 11) is 0. The van der Waals surface area contributed by atoms with Gasteiger partial charge >= 0.3 is 5.97 Å². The van der Waals surface area contributed by atoms with Crippen molar-refractivity contribution in [3.8, 4) is 0 Å². The maximum absolute atomic E-state index is 12.2. The number of carbonyl (C=O) groups excluding carboxylic acids is 1. The van der Waals surface area contributed by atoms with Gasteiger partial charge in [-0.3, -0.25) is 4.79 Å². The van der Waals surface area contributed by atoms with Gasteiger partial charge in [0.15, 0.2) is 6.10 Å². The standard InChI is InChI=1S/C12H21NO5/c1-8(2)13(6-3-7-14)11(15)9-4-5-10(18-9)12(16)17/h8-10,14H,3-7H2,1-2H3,(H,16,17)/t9-,10+/m0/s1. The maximum atomic E-state index is 12.2. The number of aliphatic hydroxyl groups excluding tert-OH is 1. The summed E-state index contributed by atoms with van der Waals surface area (Å²) >= 11 is 0. The molecule has 0 aliphatic carbocycles. The van der Waals surface area contributed by atoms with Crippen LogP contribution in [0.15, 0.2) is 0 Å². The second-order valence-corrected chi connectivity index (χ2v) is 4.73. The first-order valence-corrected chi connectivity index (χ1v) is 6.27. The van der Waals surface area contributed by atoms with Gasteiger partial charge in [-0.15, -0.1) is 0 Å². The predicted molar refractivity (Wildman–Crippen MR) is 64.1 cm³/mol. The Bertz CT molecular complexity index is 305. The first-order chi connectivity index (χ1) is 8.47. The molecule has 1 aliphatic heterocycles. The molecule has 1 amide bonds. The van der Waals surface area contributed by atoms with Crippen LogP contribution in [-0.4, -0.2) is 58.4 Å². The van der Waals surface area contributed by atoms with E-state index in [4.69, 9.17) is 14.9 Å². The molecule has 1 fully saturated rings. The van der Waals surface area contributed by atoms with Crippen molar-refractivity contribution < 1.29 is 24.5 Å². The van der Waals surface area contributed by atoms with Crippen molar-refractivity contribution in [1.82, 2.24) is 4.90 Å². The highest BCUT2D eigenvalue weighted by Crippen LogP contribution is 2.22. The Hall–Kier alpha value is -1.14. The fraction of sp³-hybridized carbons (Fsp3) is 0.833. The minimum atomic E-state index is -1.02. The molecule has 104 valence electrons. The minimum Gasteiger partial charge on any atom is -0.479 e. The van der Waals surface area contributed by atoms with Crippen molar-refractivity contribution in [3.63, 3.8) is 0 Å². The average molecular weight is 259 g/mol. The highest BCUT2D eigenvalue weighted by molar-refractivity contribution is 5.83. The maximum Gasteiger partial charge on any atom is 0.332 e. The molecule has 0 aromatic rings. The summed E-state index contributed by atoms with van der Waals surface area (Å²) < 4.78 is 5.24. The number of hydrogen-bond donors (Lipinski definition) is 2. The Morgan fingerprint density at radius 3 is 2.39 bits per heavy atom. The van der Waals surface area contributed by atoms with E-state index in [1.165, 1.54) is 0 Å². The number of nitrogens with zero attached hydrogens (tertiary/aromatic N) is 1. The zero-order chi connectivity index (χ0) is 13.7. The molecule has 0 bridgehead atoms. The lowest BCUT2D eigenvalue weighted by atomic mass is 10.1. The summed E-state index contributed by atoms with van der Waals surface area (Å²) in [4.78, 5) is 24.6. The van der Waals surface area contributed by atoms with Crippen LogP contribution in [0.5, 0.6) is 0 Å². The van der Waals surface area contributed by atoms with Gasteiger partial charge < -0.3 is 19.8 Å². The lowest BCUT2D eigenvalue weighted by Gasteiger charge is -2.29. The van der Waals surface area contributed by atoms with Crippen LogP contribution in [0.25, 0.3) is 0 Å². The number of carboxylic acids is 1. The van der Waals surface area contributed by atoms with Crippen LogP contribution in [0, 0.1) is 0 Å². The third-order valence-corrected chi connectivity index (χ3v) is 3.03. The van der Waals surface area contributed by atoms with Gasteiger partial charge in [0.05, 0.1) is 0 Å². The summed E-state index contributed by atoms with van der Waals surface area (Å²) in [5, 5.41) is 17.6. The summed E-state index contributed by atoms with van der Waals surface area (Å²) in [6.45, 7) is 4.27. The van der Waals surface area contributed by atoms with Crippen molar-refractivity contribution in [2.75, 3.05) is 13.2 Å². The smallest absolute Gasteiger partial charge is 0.332 e. The quantitative estimate of drug-likeness (QED) is 0.713. The van der Waals surface area contributed by atoms with E-state index in [-0.39, 0.29) is 18.6 Å². The van der Waals surface area contributed by atoms with Crippen molar-refractivity contribution in [3.05, 3.63) is 0 Å². The summed E-state index contributed by atoms with van der Waals surface area (Å²) in [6, 6.07) is 0.0107. The Kier molecular flexibility index (Phi) is 5.55. The number of carbonyl (C=O) groups is 2. The molecule has 2 atom stereocenters. The number of hydrogen-bond acceptors (Lipinski definition) is 4. The Morgan fingerprint density at radius 2 is 1.94 bits per heavy atom. The van der Waals surface area contributed by atoms with Gasteiger partial charge in [-0.25, -0.2) is 4.79 Å². The Morgan fingerprint density at radius 1 is 1.33 bits per heavy atom. The van der Waals surface area contributed by atoms with Crippen LogP contribution >= 0.6 is 0 Å². The molecule has 0 spiro atoms. The first-order valence-electron chi connectivity index (χ1n) is 6.27. The SMILES string of the molecule is CC(C)N(CCCO)C(=O)[C@@H]1CC[C@H](C(=O)O)O1. The number of aliphatic hydroxyl groups is 1. The molecule has 0 radical (unpaired) electrons. The lowest BCUT2D eigenvalue weighted by molar-refractivity contribution is -0.155. The summed E-state index contributed by atoms with van der Waals surface area (Å²) in [5.74, 6) is -1.20. The van der Waals surface area contributed by atoms with Gasteiger partial charge in [-0.05, 0) is 33.1 Å². The van der Waals surface area contributed by atoms with Gasteiger partial charge in [0.25, 0.3) is 5.91 Å². The Labute approximate surface area is 107 Å². The highest BCUT2D eigenvalue weighted by atomic mass is 16.5. The third kappa shape index (κ3) is 3.68. The second kappa shape index (κ2) is 6.70. The van der Waals surface area contributed by atoms with Crippen molar-refractivity contribution in [2.45, 2.75) is 51.4 Å². The number of carboxylic acid groups (broad SMARTS) is 1. The van der Waals surface area contributed by atoms with E-state index in [1.54, 1.807) is 4.90 Å². The molecule has 1 aliphatic rings. The molecule has 18 heavy (non-hydrogen) atoms. The molecule has 1 rings (SSSR count). The van der Waals surface area contributed by atoms with Crippen LogP contribution in [-0.2, 0) is 14.3 Å². The monoisotopic (exact) mass is 259 g/mol. The molecule has 6 nitrogen and oxygen atoms in total. The molecule has 0 aromatic carbocycles. The van der Waals surface area contributed by atoms with Crippen LogP contribution < -0.4 is 0 Å². The molecule has 0 aromatic heterocycles. The largest absolute Gasteiger partial charge is 0.479 e. The second-order valence-electron chi connectivity index (χ2n) is 4.73. The molecule has 0 saturated carbocycles. The van der Waals surface area contributed by atoms with E-state index < -0.39 is 18.2 Å². The van der Waals surface area contributed by atoms with Crippen LogP contribution in [0.4, 0.5) is 0 Å². The van der Waals surface area contributed by atoms with E-state index in [0.29, 0.717) is 25.8 Å². The third-order valence-electron chi connectivity index (χ3n) is 3.03. The van der Waals surface area contributed by atoms with E-state index in [2.05, 4.69) is 0 Å². The zero-order valence-corrected chi connectivity index (χ0v) is 10.8. The molecule has 1 saturated heterocycles. The molecule has 6 heteroatoms. The fourth-order valence-corrected chi connectivity index (χ4v) is 2.05. The van der Waals surface area contributed by atoms with E-state index in [1.807, 2.05) is 13.8 Å². The van der Waals surface area contributed by atoms with Crippen LogP contribution in [0.1, 0.15) is 33.1 Å². The van der Waals surface area contributed by atoms with Crippen molar-refractivity contribution in [2.24, 2.45) is 0 Å². The molecular weight excluding hydrogens is 238 g/mol. The van der Waals surface area contributed by atoms with Crippen molar-refractivity contribution in [1.29, 1.82) is 0 Å². The topological polar surface area (TPSA) is 87.1 Å². The number of amides is 1. The van der Waals surface area contributed by atoms with Gasteiger partial charge in [0.1, 0.15) is 6.10 Å². The van der Waals surface area contributed by atoms with E-state index >= 15 is 0 Å². The summed E-state index contributed by atoms with van der Waals surface area (Å²) in [5.41, 5.74) is 0. The van der Waals surface area contributed by atoms with Crippen molar-refractivity contribution >= 4 is 11.9 Å². The zero-order valence-electron chi connectivity index (χ0n) is 10.8. The average Bonchev–Trinajstić information content (AvgIpc) is 2.78. The number of rotatable bonds is 6. The first kappa shape index (κ1) is 14.9. The molecule has 1 heterocycles. The number of aliphatic carboxylic acids is 1. The highest BCUT2D eigenvalue weighted by Gasteiger charge is 2.37. The lowest BCUT2D eigenvalue weighted by Crippen LogP contribution is -2.44. The Balaban J connectivity index is 2.58. The normalized spacial score (nSPS) is 23.3. The van der Waals surface area contributed by atoms with Gasteiger partial charge in [0, 0.05) is 19.2 Å². The van der Waals surface area contributed by atoms with E-state index in [0.717, 1.165) is 0 Å². The minimum absolute atomic E-state index is 0.0107. The molecule has 0 unspecified atom stereocenters. The van der Waals surface area contributed by atoms with Crippen LogP contribution in [0.3, 0.4) is 0 Å². The van der Waals surface area contributed by atoms with E-state index in [9.17, 15) is 9.59 Å². The van der Waals surface area contributed by atoms with Gasteiger partial charge in [0.2, 0.25) is 0 Å².